The lowest BCUT2D eigenvalue weighted by atomic mass is 10.1. The molecule has 29 heavy (non-hydrogen) atoms. The number of carbonyl (C=O) groups is 1. The number of aliphatic imine (C=N–C) groups is 1. The molecule has 1 fully saturated rings. The van der Waals surface area contributed by atoms with Gasteiger partial charge in [-0.15, -0.1) is 0 Å². The highest BCUT2D eigenvalue weighted by atomic mass is 16.2. The number of carbonyl (C=O) groups excluding carboxylic acids is 1. The Morgan fingerprint density at radius 1 is 1.17 bits per heavy atom. The van der Waals surface area contributed by atoms with Crippen molar-refractivity contribution in [2.75, 3.05) is 38.1 Å². The Morgan fingerprint density at radius 2 is 2.00 bits per heavy atom. The number of nitrogens with zero attached hydrogens (tertiary/aromatic N) is 5. The summed E-state index contributed by atoms with van der Waals surface area (Å²) in [6.07, 6.45) is 4.49. The van der Waals surface area contributed by atoms with Gasteiger partial charge >= 0.3 is 0 Å². The van der Waals surface area contributed by atoms with Gasteiger partial charge in [-0.3, -0.25) is 14.5 Å². The van der Waals surface area contributed by atoms with E-state index >= 15 is 0 Å². The normalized spacial score (nSPS) is 15.2. The van der Waals surface area contributed by atoms with Crippen LogP contribution in [-0.2, 0) is 18.3 Å². The van der Waals surface area contributed by atoms with E-state index in [1.165, 1.54) is 16.3 Å². The van der Waals surface area contributed by atoms with Crippen molar-refractivity contribution in [3.8, 4) is 0 Å². The molecule has 7 heteroatoms. The van der Waals surface area contributed by atoms with E-state index < -0.39 is 0 Å². The summed E-state index contributed by atoms with van der Waals surface area (Å²) in [4.78, 5) is 20.8. The van der Waals surface area contributed by atoms with Crippen molar-refractivity contribution >= 4 is 28.3 Å². The van der Waals surface area contributed by atoms with Crippen molar-refractivity contribution in [1.82, 2.24) is 20.0 Å². The average Bonchev–Trinajstić information content (AvgIpc) is 3.17. The van der Waals surface area contributed by atoms with Crippen LogP contribution in [0.4, 0.5) is 5.69 Å². The van der Waals surface area contributed by atoms with Crippen LogP contribution in [0.15, 0.2) is 59.9 Å². The number of anilines is 1. The summed E-state index contributed by atoms with van der Waals surface area (Å²) in [6, 6.07) is 15.0. The van der Waals surface area contributed by atoms with Crippen molar-refractivity contribution in [1.29, 1.82) is 0 Å². The maximum atomic E-state index is 12.6. The van der Waals surface area contributed by atoms with E-state index in [0.29, 0.717) is 13.1 Å². The Hall–Kier alpha value is -3.35. The zero-order valence-corrected chi connectivity index (χ0v) is 16.9. The Balaban J connectivity index is 1.33. The highest BCUT2D eigenvalue weighted by Crippen LogP contribution is 2.17. The highest BCUT2D eigenvalue weighted by Gasteiger charge is 2.27. The SMILES string of the molecule is CN=C(NCCc1ccc2ccccc2c1)N1CCN(c2cnn(C)c2)C(=O)C1. The zero-order chi connectivity index (χ0) is 20.2. The van der Waals surface area contributed by atoms with Crippen molar-refractivity contribution in [3.63, 3.8) is 0 Å². The summed E-state index contributed by atoms with van der Waals surface area (Å²) in [5.41, 5.74) is 2.13. The van der Waals surface area contributed by atoms with Gasteiger partial charge in [-0.1, -0.05) is 42.5 Å². The van der Waals surface area contributed by atoms with Crippen LogP contribution >= 0.6 is 0 Å². The summed E-state index contributed by atoms with van der Waals surface area (Å²) < 4.78 is 1.71. The first kappa shape index (κ1) is 19.0. The lowest BCUT2D eigenvalue weighted by molar-refractivity contribution is -0.120. The smallest absolute Gasteiger partial charge is 0.246 e. The van der Waals surface area contributed by atoms with Gasteiger partial charge in [-0.25, -0.2) is 0 Å². The van der Waals surface area contributed by atoms with Crippen LogP contribution in [0.3, 0.4) is 0 Å². The number of amides is 1. The molecule has 0 atom stereocenters. The molecule has 2 heterocycles. The van der Waals surface area contributed by atoms with E-state index in [1.807, 2.05) is 18.1 Å². The minimum Gasteiger partial charge on any atom is -0.356 e. The van der Waals surface area contributed by atoms with E-state index in [4.69, 9.17) is 0 Å². The Kier molecular flexibility index (Phi) is 5.46. The molecular formula is C22H26N6O. The van der Waals surface area contributed by atoms with Crippen LogP contribution < -0.4 is 10.2 Å². The van der Waals surface area contributed by atoms with Gasteiger partial charge < -0.3 is 15.1 Å². The fraction of sp³-hybridized carbons (Fsp3) is 0.318. The number of hydrogen-bond acceptors (Lipinski definition) is 3. The van der Waals surface area contributed by atoms with Crippen LogP contribution in [0, 0.1) is 0 Å². The van der Waals surface area contributed by atoms with Gasteiger partial charge in [0.25, 0.3) is 0 Å². The molecule has 150 valence electrons. The third-order valence-corrected chi connectivity index (χ3v) is 5.25. The predicted octanol–water partition coefficient (Wildman–Crippen LogP) is 2.04. The quantitative estimate of drug-likeness (QED) is 0.547. The molecule has 0 unspecified atom stereocenters. The fourth-order valence-electron chi connectivity index (χ4n) is 3.72. The van der Waals surface area contributed by atoms with Crippen molar-refractivity contribution in [3.05, 3.63) is 60.4 Å². The Morgan fingerprint density at radius 3 is 2.72 bits per heavy atom. The number of fused-ring (bicyclic) bond motifs is 1. The number of nitrogens with one attached hydrogen (secondary N) is 1. The topological polar surface area (TPSA) is 65.8 Å². The predicted molar refractivity (Wildman–Crippen MR) is 116 cm³/mol. The lowest BCUT2D eigenvalue weighted by Crippen LogP contribution is -2.55. The van der Waals surface area contributed by atoms with Gasteiger partial charge in [0.2, 0.25) is 5.91 Å². The van der Waals surface area contributed by atoms with E-state index in [9.17, 15) is 4.79 Å². The number of hydrogen-bond donors (Lipinski definition) is 1. The van der Waals surface area contributed by atoms with Crippen molar-refractivity contribution in [2.45, 2.75) is 6.42 Å². The number of benzene rings is 2. The summed E-state index contributed by atoms with van der Waals surface area (Å²) in [6.45, 7) is 2.43. The fourth-order valence-corrected chi connectivity index (χ4v) is 3.72. The van der Waals surface area contributed by atoms with Gasteiger partial charge in [0.15, 0.2) is 5.96 Å². The molecule has 1 N–H and O–H groups in total. The molecule has 1 saturated heterocycles. The second-order valence-corrected chi connectivity index (χ2v) is 7.24. The van der Waals surface area contributed by atoms with Crippen LogP contribution in [0.5, 0.6) is 0 Å². The van der Waals surface area contributed by atoms with Crippen LogP contribution in [0.25, 0.3) is 10.8 Å². The highest BCUT2D eigenvalue weighted by molar-refractivity contribution is 5.98. The molecule has 0 spiro atoms. The molecular weight excluding hydrogens is 364 g/mol. The summed E-state index contributed by atoms with van der Waals surface area (Å²) in [5, 5.41) is 10.1. The third-order valence-electron chi connectivity index (χ3n) is 5.25. The van der Waals surface area contributed by atoms with Crippen LogP contribution in [-0.4, -0.2) is 59.8 Å². The molecule has 4 rings (SSSR count). The molecule has 0 radical (unpaired) electrons. The van der Waals surface area contributed by atoms with E-state index in [1.54, 1.807) is 22.8 Å². The minimum atomic E-state index is 0.0572. The number of rotatable bonds is 4. The molecule has 0 aliphatic carbocycles. The first-order valence-corrected chi connectivity index (χ1v) is 9.86. The number of piperazine rings is 1. The number of aryl methyl sites for hydroxylation is 1. The number of guanidine groups is 1. The van der Waals surface area contributed by atoms with Gasteiger partial charge in [-0.05, 0) is 22.8 Å². The van der Waals surface area contributed by atoms with E-state index in [2.05, 4.69) is 57.9 Å². The largest absolute Gasteiger partial charge is 0.356 e. The molecule has 1 aliphatic rings. The van der Waals surface area contributed by atoms with Crippen molar-refractivity contribution < 1.29 is 4.79 Å². The molecule has 7 nitrogen and oxygen atoms in total. The van der Waals surface area contributed by atoms with Crippen molar-refractivity contribution in [2.24, 2.45) is 12.0 Å². The van der Waals surface area contributed by atoms with E-state index in [-0.39, 0.29) is 5.91 Å². The van der Waals surface area contributed by atoms with Gasteiger partial charge in [0.1, 0.15) is 6.54 Å². The monoisotopic (exact) mass is 390 g/mol. The Labute approximate surface area is 170 Å². The molecule has 1 aliphatic heterocycles. The maximum absolute atomic E-state index is 12.6. The number of aromatic nitrogens is 2. The summed E-state index contributed by atoms with van der Waals surface area (Å²) in [7, 11) is 3.61. The van der Waals surface area contributed by atoms with Crippen LogP contribution in [0.1, 0.15) is 5.56 Å². The zero-order valence-electron chi connectivity index (χ0n) is 16.9. The second-order valence-electron chi connectivity index (χ2n) is 7.24. The average molecular weight is 390 g/mol. The Bertz CT molecular complexity index is 1040. The molecule has 0 saturated carbocycles. The molecule has 3 aromatic rings. The molecule has 1 aromatic heterocycles. The summed E-state index contributed by atoms with van der Waals surface area (Å²) in [5.74, 6) is 0.826. The first-order chi connectivity index (χ1) is 14.1. The second kappa shape index (κ2) is 8.34. The first-order valence-electron chi connectivity index (χ1n) is 9.86. The van der Waals surface area contributed by atoms with Gasteiger partial charge in [0.05, 0.1) is 11.9 Å². The molecule has 1 amide bonds. The molecule has 2 aromatic carbocycles. The third kappa shape index (κ3) is 4.23. The standard InChI is InChI=1S/C22H26N6O/c1-23-22(24-10-9-17-7-8-18-5-3-4-6-19(18)13-17)27-11-12-28(21(29)16-27)20-14-25-26(2)15-20/h3-8,13-15H,9-12,16H2,1-2H3,(H,23,24). The van der Waals surface area contributed by atoms with Gasteiger partial charge in [0, 0.05) is 39.9 Å². The lowest BCUT2D eigenvalue weighted by Gasteiger charge is -2.35. The van der Waals surface area contributed by atoms with Gasteiger partial charge in [-0.2, -0.15) is 5.10 Å². The minimum absolute atomic E-state index is 0.0572. The van der Waals surface area contributed by atoms with E-state index in [0.717, 1.165) is 31.2 Å². The summed E-state index contributed by atoms with van der Waals surface area (Å²) >= 11 is 0. The van der Waals surface area contributed by atoms with Crippen LogP contribution in [0.2, 0.25) is 0 Å². The maximum Gasteiger partial charge on any atom is 0.246 e. The molecule has 0 bridgehead atoms.